The Labute approximate surface area is 145 Å². The highest BCUT2D eigenvalue weighted by Gasteiger charge is 2.24. The molecule has 0 heterocycles. The van der Waals surface area contributed by atoms with Crippen LogP contribution in [-0.2, 0) is 14.3 Å². The number of benzene rings is 2. The number of ether oxygens (including phenoxy) is 2. The van der Waals surface area contributed by atoms with Gasteiger partial charge in [-0.3, -0.25) is 4.79 Å². The Kier molecular flexibility index (Phi) is 6.51. The molecule has 0 saturated heterocycles. The number of carbonyl (C=O) groups is 2. The van der Waals surface area contributed by atoms with Gasteiger partial charge in [-0.15, -0.1) is 0 Å². The van der Waals surface area contributed by atoms with Crippen LogP contribution in [0.15, 0.2) is 54.6 Å². The smallest absolute Gasteiger partial charge is 0.348 e. The minimum atomic E-state index is -0.961. The summed E-state index contributed by atoms with van der Waals surface area (Å²) in [5, 5.41) is 2.67. The lowest BCUT2D eigenvalue weighted by Crippen LogP contribution is -2.42. The van der Waals surface area contributed by atoms with Crippen LogP contribution in [0.1, 0.15) is 18.4 Å². The van der Waals surface area contributed by atoms with Crippen LogP contribution in [-0.4, -0.2) is 31.6 Å². The Bertz CT molecular complexity index is 703. The van der Waals surface area contributed by atoms with Gasteiger partial charge in [0.1, 0.15) is 11.6 Å². The fourth-order valence-corrected chi connectivity index (χ4v) is 2.22. The van der Waals surface area contributed by atoms with Crippen LogP contribution < -0.4 is 10.1 Å². The summed E-state index contributed by atoms with van der Waals surface area (Å²) in [4.78, 5) is 24.1. The Morgan fingerprint density at radius 2 is 1.72 bits per heavy atom. The molecule has 1 N–H and O–H groups in total. The SMILES string of the molecule is COC(=O)[C@@H](CNC(=O)C(C)c1ccc(F)cc1)Oc1ccccc1. The molecule has 2 aromatic rings. The number of hydrogen-bond acceptors (Lipinski definition) is 4. The van der Waals surface area contributed by atoms with Gasteiger partial charge in [-0.05, 0) is 36.8 Å². The number of nitrogens with one attached hydrogen (secondary N) is 1. The van der Waals surface area contributed by atoms with E-state index < -0.39 is 18.0 Å². The zero-order valence-electron chi connectivity index (χ0n) is 14.1. The highest BCUT2D eigenvalue weighted by Crippen LogP contribution is 2.16. The predicted molar refractivity (Wildman–Crippen MR) is 90.7 cm³/mol. The summed E-state index contributed by atoms with van der Waals surface area (Å²) < 4.78 is 23.3. The predicted octanol–water partition coefficient (Wildman–Crippen LogP) is 2.67. The van der Waals surface area contributed by atoms with Crippen molar-refractivity contribution in [2.24, 2.45) is 0 Å². The molecule has 0 aliphatic rings. The van der Waals surface area contributed by atoms with Crippen molar-refractivity contribution in [3.63, 3.8) is 0 Å². The van der Waals surface area contributed by atoms with E-state index in [0.717, 1.165) is 0 Å². The molecule has 0 aliphatic heterocycles. The first kappa shape index (κ1) is 18.4. The molecule has 2 aromatic carbocycles. The second-order valence-electron chi connectivity index (χ2n) is 5.46. The average Bonchev–Trinajstić information content (AvgIpc) is 2.65. The number of amides is 1. The standard InChI is InChI=1S/C19H20FNO4/c1-13(14-8-10-15(20)11-9-14)18(22)21-12-17(19(23)24-2)25-16-6-4-3-5-7-16/h3-11,13,17H,12H2,1-2H3,(H,21,22)/t13?,17-/m1/s1. The molecule has 2 atom stereocenters. The molecular formula is C19H20FNO4. The van der Waals surface area contributed by atoms with E-state index in [0.29, 0.717) is 11.3 Å². The van der Waals surface area contributed by atoms with Crippen molar-refractivity contribution in [1.29, 1.82) is 0 Å². The first-order valence-corrected chi connectivity index (χ1v) is 7.84. The number of carbonyl (C=O) groups excluding carboxylic acids is 2. The maximum Gasteiger partial charge on any atom is 0.348 e. The molecule has 132 valence electrons. The van der Waals surface area contributed by atoms with E-state index in [9.17, 15) is 14.0 Å². The zero-order valence-corrected chi connectivity index (χ0v) is 14.1. The van der Waals surface area contributed by atoms with E-state index in [-0.39, 0.29) is 18.3 Å². The Balaban J connectivity index is 1.98. The third kappa shape index (κ3) is 5.31. The first-order valence-electron chi connectivity index (χ1n) is 7.84. The molecule has 5 nitrogen and oxygen atoms in total. The molecule has 0 aliphatic carbocycles. The number of rotatable bonds is 7. The van der Waals surface area contributed by atoms with Crippen LogP contribution in [0.2, 0.25) is 0 Å². The lowest BCUT2D eigenvalue weighted by atomic mass is 10.0. The zero-order chi connectivity index (χ0) is 18.2. The second kappa shape index (κ2) is 8.82. The number of para-hydroxylation sites is 1. The number of halogens is 1. The normalized spacial score (nSPS) is 12.8. The highest BCUT2D eigenvalue weighted by molar-refractivity contribution is 5.84. The van der Waals surface area contributed by atoms with Crippen molar-refractivity contribution in [2.45, 2.75) is 18.9 Å². The van der Waals surface area contributed by atoms with Crippen LogP contribution in [0.3, 0.4) is 0 Å². The van der Waals surface area contributed by atoms with Gasteiger partial charge in [0.25, 0.3) is 0 Å². The van der Waals surface area contributed by atoms with Crippen molar-refractivity contribution in [2.75, 3.05) is 13.7 Å². The van der Waals surface area contributed by atoms with E-state index in [4.69, 9.17) is 9.47 Å². The van der Waals surface area contributed by atoms with Crippen molar-refractivity contribution in [1.82, 2.24) is 5.32 Å². The van der Waals surface area contributed by atoms with Gasteiger partial charge in [0, 0.05) is 0 Å². The van der Waals surface area contributed by atoms with Gasteiger partial charge in [0.05, 0.1) is 19.6 Å². The number of methoxy groups -OCH3 is 1. The Morgan fingerprint density at radius 1 is 1.08 bits per heavy atom. The van der Waals surface area contributed by atoms with Gasteiger partial charge in [0.15, 0.2) is 0 Å². The van der Waals surface area contributed by atoms with Crippen LogP contribution in [0.5, 0.6) is 5.75 Å². The molecule has 0 spiro atoms. The molecule has 25 heavy (non-hydrogen) atoms. The molecule has 1 amide bonds. The van der Waals surface area contributed by atoms with E-state index in [1.165, 1.54) is 19.2 Å². The van der Waals surface area contributed by atoms with E-state index >= 15 is 0 Å². The maximum atomic E-state index is 13.0. The molecular weight excluding hydrogens is 325 g/mol. The summed E-state index contributed by atoms with van der Waals surface area (Å²) in [5.74, 6) is -1.23. The van der Waals surface area contributed by atoms with E-state index in [2.05, 4.69) is 5.32 Å². The molecule has 6 heteroatoms. The van der Waals surface area contributed by atoms with Crippen molar-refractivity contribution in [3.8, 4) is 5.75 Å². The van der Waals surface area contributed by atoms with Crippen LogP contribution in [0.25, 0.3) is 0 Å². The van der Waals surface area contributed by atoms with Crippen molar-refractivity contribution in [3.05, 3.63) is 66.0 Å². The summed E-state index contributed by atoms with van der Waals surface area (Å²) in [6.45, 7) is 1.67. The summed E-state index contributed by atoms with van der Waals surface area (Å²) in [6.07, 6.45) is -0.961. The minimum absolute atomic E-state index is 0.0358. The second-order valence-corrected chi connectivity index (χ2v) is 5.46. The fourth-order valence-electron chi connectivity index (χ4n) is 2.22. The molecule has 1 unspecified atom stereocenters. The molecule has 2 rings (SSSR count). The van der Waals surface area contributed by atoms with Gasteiger partial charge in [-0.1, -0.05) is 30.3 Å². The third-order valence-corrected chi connectivity index (χ3v) is 3.71. The molecule has 0 radical (unpaired) electrons. The molecule has 0 saturated carbocycles. The molecule has 0 bridgehead atoms. The third-order valence-electron chi connectivity index (χ3n) is 3.71. The number of esters is 1. The monoisotopic (exact) mass is 345 g/mol. The topological polar surface area (TPSA) is 64.6 Å². The van der Waals surface area contributed by atoms with E-state index in [1.807, 2.05) is 6.07 Å². The largest absolute Gasteiger partial charge is 0.477 e. The lowest BCUT2D eigenvalue weighted by Gasteiger charge is -2.19. The molecule has 0 fully saturated rings. The lowest BCUT2D eigenvalue weighted by molar-refractivity contribution is -0.148. The summed E-state index contributed by atoms with van der Waals surface area (Å²) in [7, 11) is 1.26. The molecule has 0 aromatic heterocycles. The van der Waals surface area contributed by atoms with E-state index in [1.54, 1.807) is 43.3 Å². The highest BCUT2D eigenvalue weighted by atomic mass is 19.1. The van der Waals surface area contributed by atoms with Crippen LogP contribution in [0.4, 0.5) is 4.39 Å². The summed E-state index contributed by atoms with van der Waals surface area (Å²) >= 11 is 0. The Hall–Kier alpha value is -2.89. The van der Waals surface area contributed by atoms with Gasteiger partial charge < -0.3 is 14.8 Å². The maximum absolute atomic E-state index is 13.0. The average molecular weight is 345 g/mol. The van der Waals surface area contributed by atoms with Crippen molar-refractivity contribution >= 4 is 11.9 Å². The quantitative estimate of drug-likeness (QED) is 0.784. The van der Waals surface area contributed by atoms with Crippen LogP contribution >= 0.6 is 0 Å². The van der Waals surface area contributed by atoms with Gasteiger partial charge in [0.2, 0.25) is 12.0 Å². The van der Waals surface area contributed by atoms with Crippen molar-refractivity contribution < 1.29 is 23.5 Å². The Morgan fingerprint density at radius 3 is 2.32 bits per heavy atom. The van der Waals surface area contributed by atoms with Gasteiger partial charge >= 0.3 is 5.97 Å². The minimum Gasteiger partial charge on any atom is -0.477 e. The number of hydrogen-bond donors (Lipinski definition) is 1. The van der Waals surface area contributed by atoms with Crippen LogP contribution in [0, 0.1) is 5.82 Å². The first-order chi connectivity index (χ1) is 12.0. The summed E-state index contributed by atoms with van der Waals surface area (Å²) in [5.41, 5.74) is 0.678. The van der Waals surface area contributed by atoms with Gasteiger partial charge in [-0.25, -0.2) is 9.18 Å². The van der Waals surface area contributed by atoms with Gasteiger partial charge in [-0.2, -0.15) is 0 Å². The fraction of sp³-hybridized carbons (Fsp3) is 0.263. The summed E-state index contributed by atoms with van der Waals surface area (Å²) in [6, 6.07) is 14.5.